The molecule has 1 amide bonds. The molecule has 1 aromatic carbocycles. The maximum atomic E-state index is 13.7. The number of amides is 1. The zero-order valence-electron chi connectivity index (χ0n) is 10.8. The number of anilines is 1. The van der Waals surface area contributed by atoms with E-state index in [2.05, 4.69) is 0 Å². The van der Waals surface area contributed by atoms with Crippen LogP contribution in [0.25, 0.3) is 0 Å². The molecule has 104 valence electrons. The first-order valence-corrected chi connectivity index (χ1v) is 6.01. The monoisotopic (exact) mass is 270 g/mol. The number of hydrogen-bond donors (Lipinski definition) is 2. The standard InChI is InChI=1S/C13H16F2N2O2/c1-7(2)13(19)5-17(6-13)12(18)10-8(14)3-4-9(16)11(10)15/h3-4,7,19H,5-6,16H2,1-2H3. The van der Waals surface area contributed by atoms with Crippen LogP contribution in [0.1, 0.15) is 24.2 Å². The van der Waals surface area contributed by atoms with Crippen molar-refractivity contribution in [1.29, 1.82) is 0 Å². The number of benzene rings is 1. The Bertz CT molecular complexity index is 526. The first-order chi connectivity index (χ1) is 8.76. The highest BCUT2D eigenvalue weighted by Crippen LogP contribution is 2.31. The molecule has 1 aliphatic rings. The van der Waals surface area contributed by atoms with Crippen LogP contribution in [0.2, 0.25) is 0 Å². The number of likely N-dealkylation sites (tertiary alicyclic amines) is 1. The Morgan fingerprint density at radius 2 is 2.00 bits per heavy atom. The maximum absolute atomic E-state index is 13.7. The number of aliphatic hydroxyl groups is 1. The molecular weight excluding hydrogens is 254 g/mol. The van der Waals surface area contributed by atoms with Gasteiger partial charge in [-0.15, -0.1) is 0 Å². The summed E-state index contributed by atoms with van der Waals surface area (Å²) in [6.07, 6.45) is 0. The number of carbonyl (C=O) groups is 1. The van der Waals surface area contributed by atoms with Gasteiger partial charge in [0.1, 0.15) is 17.0 Å². The van der Waals surface area contributed by atoms with Crippen LogP contribution in [0.4, 0.5) is 14.5 Å². The summed E-state index contributed by atoms with van der Waals surface area (Å²) in [5.41, 5.74) is 3.41. The van der Waals surface area contributed by atoms with Crippen molar-refractivity contribution in [3.8, 4) is 0 Å². The van der Waals surface area contributed by atoms with Crippen LogP contribution in [-0.2, 0) is 0 Å². The van der Waals surface area contributed by atoms with Gasteiger partial charge in [0, 0.05) is 0 Å². The van der Waals surface area contributed by atoms with Gasteiger partial charge in [0.05, 0.1) is 18.8 Å². The van der Waals surface area contributed by atoms with E-state index in [-0.39, 0.29) is 24.7 Å². The van der Waals surface area contributed by atoms with Gasteiger partial charge >= 0.3 is 0 Å². The van der Waals surface area contributed by atoms with E-state index in [9.17, 15) is 18.7 Å². The average Bonchev–Trinajstić information content (AvgIpc) is 2.29. The Morgan fingerprint density at radius 1 is 1.42 bits per heavy atom. The van der Waals surface area contributed by atoms with E-state index in [4.69, 9.17) is 5.73 Å². The largest absolute Gasteiger partial charge is 0.396 e. The molecule has 3 N–H and O–H groups in total. The Balaban J connectivity index is 2.22. The zero-order valence-corrected chi connectivity index (χ0v) is 10.8. The first kappa shape index (κ1) is 13.7. The fraction of sp³-hybridized carbons (Fsp3) is 0.462. The van der Waals surface area contributed by atoms with E-state index in [1.54, 1.807) is 0 Å². The molecule has 4 nitrogen and oxygen atoms in total. The molecule has 0 atom stereocenters. The predicted molar refractivity (Wildman–Crippen MR) is 66.5 cm³/mol. The lowest BCUT2D eigenvalue weighted by Gasteiger charge is -2.49. The molecule has 0 bridgehead atoms. The van der Waals surface area contributed by atoms with Crippen molar-refractivity contribution < 1.29 is 18.7 Å². The van der Waals surface area contributed by atoms with Gasteiger partial charge in [0.15, 0.2) is 5.82 Å². The van der Waals surface area contributed by atoms with E-state index in [0.29, 0.717) is 0 Å². The SMILES string of the molecule is CC(C)C1(O)CN(C(=O)c2c(F)ccc(N)c2F)C1. The highest BCUT2D eigenvalue weighted by atomic mass is 19.1. The molecule has 2 rings (SSSR count). The quantitative estimate of drug-likeness (QED) is 0.798. The summed E-state index contributed by atoms with van der Waals surface area (Å²) in [7, 11) is 0. The number of β-amino-alcohol motifs (C(OH)–C–C–N with tert-alkyl or cyclic N) is 1. The fourth-order valence-corrected chi connectivity index (χ4v) is 2.05. The van der Waals surface area contributed by atoms with Crippen molar-refractivity contribution in [2.75, 3.05) is 18.8 Å². The van der Waals surface area contributed by atoms with E-state index < -0.39 is 28.7 Å². The molecule has 1 aromatic rings. The minimum Gasteiger partial charge on any atom is -0.396 e. The van der Waals surface area contributed by atoms with Crippen LogP contribution in [0.3, 0.4) is 0 Å². The number of nitrogens with zero attached hydrogens (tertiary/aromatic N) is 1. The van der Waals surface area contributed by atoms with Crippen molar-refractivity contribution in [2.24, 2.45) is 5.92 Å². The Kier molecular flexibility index (Phi) is 3.22. The molecule has 1 fully saturated rings. The highest BCUT2D eigenvalue weighted by molar-refractivity contribution is 5.96. The van der Waals surface area contributed by atoms with Crippen molar-refractivity contribution in [3.05, 3.63) is 29.3 Å². The fourth-order valence-electron chi connectivity index (χ4n) is 2.05. The third-order valence-electron chi connectivity index (χ3n) is 3.63. The van der Waals surface area contributed by atoms with Crippen LogP contribution in [0.5, 0.6) is 0 Å². The number of nitrogen functional groups attached to an aromatic ring is 1. The number of halogens is 2. The molecule has 0 saturated carbocycles. The molecule has 0 aliphatic carbocycles. The molecule has 1 heterocycles. The van der Waals surface area contributed by atoms with Crippen LogP contribution in [0, 0.1) is 17.6 Å². The van der Waals surface area contributed by atoms with E-state index in [1.807, 2.05) is 13.8 Å². The smallest absolute Gasteiger partial charge is 0.260 e. The minimum atomic E-state index is -1.05. The molecule has 6 heteroatoms. The van der Waals surface area contributed by atoms with Gasteiger partial charge in [-0.2, -0.15) is 0 Å². The third kappa shape index (κ3) is 2.16. The van der Waals surface area contributed by atoms with Crippen LogP contribution in [-0.4, -0.2) is 34.6 Å². The van der Waals surface area contributed by atoms with Gasteiger partial charge in [-0.25, -0.2) is 8.78 Å². The van der Waals surface area contributed by atoms with Crippen molar-refractivity contribution >= 4 is 11.6 Å². The second kappa shape index (κ2) is 4.45. The molecule has 0 aromatic heterocycles. The third-order valence-corrected chi connectivity index (χ3v) is 3.63. The summed E-state index contributed by atoms with van der Waals surface area (Å²) in [5.74, 6) is -2.82. The van der Waals surface area contributed by atoms with Crippen molar-refractivity contribution in [1.82, 2.24) is 4.90 Å². The van der Waals surface area contributed by atoms with Crippen LogP contribution in [0.15, 0.2) is 12.1 Å². The van der Waals surface area contributed by atoms with Crippen molar-refractivity contribution in [2.45, 2.75) is 19.4 Å². The number of hydrogen-bond acceptors (Lipinski definition) is 3. The summed E-state index contributed by atoms with van der Waals surface area (Å²) in [6.45, 7) is 3.78. The minimum absolute atomic E-state index is 0.0351. The Morgan fingerprint density at radius 3 is 2.53 bits per heavy atom. The molecule has 1 saturated heterocycles. The molecule has 1 aliphatic heterocycles. The van der Waals surface area contributed by atoms with Gasteiger partial charge in [-0.1, -0.05) is 13.8 Å². The van der Waals surface area contributed by atoms with Crippen LogP contribution >= 0.6 is 0 Å². The summed E-state index contributed by atoms with van der Waals surface area (Å²) in [5, 5.41) is 10.0. The lowest BCUT2D eigenvalue weighted by Crippen LogP contribution is -2.66. The number of nitrogens with two attached hydrogens (primary N) is 1. The average molecular weight is 270 g/mol. The molecular formula is C13H16F2N2O2. The second-order valence-corrected chi connectivity index (χ2v) is 5.25. The zero-order chi connectivity index (χ0) is 14.4. The summed E-state index contributed by atoms with van der Waals surface area (Å²) >= 11 is 0. The summed E-state index contributed by atoms with van der Waals surface area (Å²) < 4.78 is 27.3. The first-order valence-electron chi connectivity index (χ1n) is 6.01. The van der Waals surface area contributed by atoms with Gasteiger partial charge in [-0.05, 0) is 18.1 Å². The van der Waals surface area contributed by atoms with Gasteiger partial charge in [0.2, 0.25) is 0 Å². The predicted octanol–water partition coefficient (Wildman–Crippen LogP) is 1.39. The molecule has 19 heavy (non-hydrogen) atoms. The van der Waals surface area contributed by atoms with E-state index in [1.165, 1.54) is 4.90 Å². The topological polar surface area (TPSA) is 66.6 Å². The lowest BCUT2D eigenvalue weighted by molar-refractivity contribution is -0.111. The normalized spacial score (nSPS) is 17.5. The van der Waals surface area contributed by atoms with E-state index >= 15 is 0 Å². The second-order valence-electron chi connectivity index (χ2n) is 5.25. The Hall–Kier alpha value is -1.69. The molecule has 0 radical (unpaired) electrons. The lowest BCUT2D eigenvalue weighted by atomic mass is 9.82. The summed E-state index contributed by atoms with van der Waals surface area (Å²) in [6, 6.07) is 2.03. The van der Waals surface area contributed by atoms with Crippen molar-refractivity contribution in [3.63, 3.8) is 0 Å². The highest BCUT2D eigenvalue weighted by Gasteiger charge is 2.46. The number of rotatable bonds is 2. The van der Waals surface area contributed by atoms with Gasteiger partial charge in [-0.3, -0.25) is 4.79 Å². The van der Waals surface area contributed by atoms with E-state index in [0.717, 1.165) is 12.1 Å². The van der Waals surface area contributed by atoms with Gasteiger partial charge < -0.3 is 15.7 Å². The Labute approximate surface area is 109 Å². The molecule has 0 unspecified atom stereocenters. The van der Waals surface area contributed by atoms with Crippen LogP contribution < -0.4 is 5.73 Å². The van der Waals surface area contributed by atoms with Gasteiger partial charge in [0.25, 0.3) is 5.91 Å². The summed E-state index contributed by atoms with van der Waals surface area (Å²) in [4.78, 5) is 13.2. The maximum Gasteiger partial charge on any atom is 0.260 e. The number of carbonyl (C=O) groups excluding carboxylic acids is 1. The molecule has 0 spiro atoms.